The van der Waals surface area contributed by atoms with Gasteiger partial charge in [-0.3, -0.25) is 0 Å². The average molecular weight is 493 g/mol. The Hall–Kier alpha value is -2.23. The summed E-state index contributed by atoms with van der Waals surface area (Å²) in [5.74, 6) is 1.62. The summed E-state index contributed by atoms with van der Waals surface area (Å²) in [4.78, 5) is 13.4. The van der Waals surface area contributed by atoms with Crippen molar-refractivity contribution in [3.8, 4) is 11.4 Å². The van der Waals surface area contributed by atoms with E-state index < -0.39 is 0 Å². The molecule has 0 fully saturated rings. The number of hydrogen-bond acceptors (Lipinski definition) is 4. The topological polar surface area (TPSA) is 32.3 Å². The summed E-state index contributed by atoms with van der Waals surface area (Å²) in [6, 6.07) is 19.3. The fourth-order valence-corrected chi connectivity index (χ4v) is 2.75. The number of fused-ring (bicyclic) bond motifs is 1. The van der Waals surface area contributed by atoms with Crippen molar-refractivity contribution >= 4 is 17.2 Å². The van der Waals surface area contributed by atoms with Crippen LogP contribution in [0, 0.1) is 19.7 Å². The van der Waals surface area contributed by atoms with Crippen LogP contribution in [0.1, 0.15) is 5.56 Å². The molecule has 0 saturated carbocycles. The van der Waals surface area contributed by atoms with Crippen LogP contribution in [-0.2, 0) is 20.1 Å². The van der Waals surface area contributed by atoms with Crippen LogP contribution >= 0.6 is 0 Å². The zero-order chi connectivity index (χ0) is 15.8. The fraction of sp³-hybridized carbons (Fsp3) is 0.105. The molecule has 24 heavy (non-hydrogen) atoms. The average Bonchev–Trinajstić information content (AvgIpc) is 2.92. The Balaban J connectivity index is 0.00000169. The van der Waals surface area contributed by atoms with Crippen molar-refractivity contribution in [2.75, 3.05) is 16.8 Å². The molecule has 2 aromatic carbocycles. The quantitative estimate of drug-likeness (QED) is 0.507. The van der Waals surface area contributed by atoms with Crippen LogP contribution in [0.2, 0.25) is 0 Å². The van der Waals surface area contributed by atoms with Gasteiger partial charge in [0.15, 0.2) is 5.82 Å². The van der Waals surface area contributed by atoms with Gasteiger partial charge in [0.1, 0.15) is 5.82 Å². The summed E-state index contributed by atoms with van der Waals surface area (Å²) in [5, 5.41) is 0. The van der Waals surface area contributed by atoms with Crippen LogP contribution in [0.3, 0.4) is 0 Å². The Morgan fingerprint density at radius 3 is 2.62 bits per heavy atom. The predicted octanol–water partition coefficient (Wildman–Crippen LogP) is 3.96. The molecule has 1 aliphatic heterocycles. The van der Waals surface area contributed by atoms with Crippen LogP contribution in [0.25, 0.3) is 11.4 Å². The fourth-order valence-electron chi connectivity index (χ4n) is 2.75. The second-order valence-corrected chi connectivity index (χ2v) is 5.56. The molecule has 0 atom stereocenters. The summed E-state index contributed by atoms with van der Waals surface area (Å²) >= 11 is 0. The van der Waals surface area contributed by atoms with Gasteiger partial charge in [-0.25, -0.2) is 9.97 Å². The third-order valence-corrected chi connectivity index (χ3v) is 3.99. The van der Waals surface area contributed by atoms with Crippen molar-refractivity contribution in [1.29, 1.82) is 0 Å². The predicted molar refractivity (Wildman–Crippen MR) is 92.3 cm³/mol. The number of anilines is 3. The molecule has 4 rings (SSSR count). The summed E-state index contributed by atoms with van der Waals surface area (Å²) in [5.41, 5.74) is 4.18. The van der Waals surface area contributed by atoms with Crippen molar-refractivity contribution in [3.63, 3.8) is 0 Å². The van der Waals surface area contributed by atoms with Crippen molar-refractivity contribution in [2.24, 2.45) is 0 Å². The van der Waals surface area contributed by atoms with Crippen LogP contribution in [0.5, 0.6) is 0 Å². The largest absolute Gasteiger partial charge is 0.501 e. The summed E-state index contributed by atoms with van der Waals surface area (Å²) < 4.78 is 0. The Morgan fingerprint density at radius 1 is 1.08 bits per heavy atom. The first-order valence-electron chi connectivity index (χ1n) is 7.51. The minimum atomic E-state index is 0. The molecule has 3 aromatic rings. The van der Waals surface area contributed by atoms with Gasteiger partial charge in [-0.2, -0.15) is 37.0 Å². The van der Waals surface area contributed by atoms with Gasteiger partial charge in [0.25, 0.3) is 0 Å². The number of rotatable bonds is 2. The molecule has 5 heteroatoms. The maximum Gasteiger partial charge on any atom is 0.161 e. The van der Waals surface area contributed by atoms with E-state index in [0.29, 0.717) is 0 Å². The van der Waals surface area contributed by atoms with E-state index in [2.05, 4.69) is 30.1 Å². The van der Waals surface area contributed by atoms with E-state index in [1.165, 1.54) is 5.56 Å². The van der Waals surface area contributed by atoms with Crippen LogP contribution < -0.4 is 9.80 Å². The minimum Gasteiger partial charge on any atom is -0.501 e. The zero-order valence-electron chi connectivity index (χ0n) is 13.4. The smallest absolute Gasteiger partial charge is 0.161 e. The number of nitrogens with zero attached hydrogens (tertiary/aromatic N) is 4. The Bertz CT molecular complexity index is 851. The number of benzene rings is 2. The molecular formula is C19H16IrN4-2. The van der Waals surface area contributed by atoms with Crippen LogP contribution in [0.15, 0.2) is 54.7 Å². The first-order chi connectivity index (χ1) is 11.2. The SMILES string of the molecule is Cc1ccccc1-c1ncc2c(n1)N(c1[c-]cccc1)[CH-]N2C.[Ir]. The van der Waals surface area contributed by atoms with E-state index in [4.69, 9.17) is 4.98 Å². The molecule has 0 amide bonds. The van der Waals surface area contributed by atoms with Gasteiger partial charge in [-0.05, 0) is 19.5 Å². The number of para-hydroxylation sites is 1. The molecule has 123 valence electrons. The molecule has 0 aliphatic carbocycles. The standard InChI is InChI=1S/C19H16N4.Ir/c1-14-8-6-7-11-16(14)18-20-12-17-19(21-18)23(13-22(17)2)15-9-4-3-5-10-15;/h3-9,11-13H,1-2H3;/q-2;. The zero-order valence-corrected chi connectivity index (χ0v) is 15.8. The van der Waals surface area contributed by atoms with E-state index in [9.17, 15) is 0 Å². The van der Waals surface area contributed by atoms with E-state index in [1.54, 1.807) is 0 Å². The molecule has 0 N–H and O–H groups in total. The normalized spacial score (nSPS) is 12.8. The van der Waals surface area contributed by atoms with Crippen molar-refractivity contribution < 1.29 is 20.1 Å². The molecule has 4 nitrogen and oxygen atoms in total. The Morgan fingerprint density at radius 2 is 1.88 bits per heavy atom. The van der Waals surface area contributed by atoms with Crippen molar-refractivity contribution in [3.05, 3.63) is 73.0 Å². The summed E-state index contributed by atoms with van der Waals surface area (Å²) in [6.07, 6.45) is 1.88. The Kier molecular flexibility index (Phi) is 4.65. The van der Waals surface area contributed by atoms with Crippen LogP contribution in [-0.4, -0.2) is 17.0 Å². The first kappa shape index (κ1) is 16.6. The van der Waals surface area contributed by atoms with E-state index in [0.717, 1.165) is 28.6 Å². The van der Waals surface area contributed by atoms with Gasteiger partial charge < -0.3 is 9.80 Å². The molecule has 1 aromatic heterocycles. The van der Waals surface area contributed by atoms with Gasteiger partial charge in [0.2, 0.25) is 0 Å². The summed E-state index contributed by atoms with van der Waals surface area (Å²) in [6.45, 7) is 4.08. The number of aryl methyl sites for hydroxylation is 1. The number of aromatic nitrogens is 2. The molecule has 1 radical (unpaired) electrons. The molecule has 0 bridgehead atoms. The van der Waals surface area contributed by atoms with E-state index >= 15 is 0 Å². The van der Waals surface area contributed by atoms with E-state index in [1.807, 2.05) is 66.1 Å². The maximum atomic E-state index is 4.81. The summed E-state index contributed by atoms with van der Waals surface area (Å²) in [7, 11) is 2.00. The van der Waals surface area contributed by atoms with Crippen molar-refractivity contribution in [1.82, 2.24) is 9.97 Å². The molecule has 0 unspecified atom stereocenters. The van der Waals surface area contributed by atoms with Gasteiger partial charge >= 0.3 is 0 Å². The molecule has 0 saturated heterocycles. The first-order valence-corrected chi connectivity index (χ1v) is 7.51. The number of hydrogen-bond donors (Lipinski definition) is 0. The van der Waals surface area contributed by atoms with Crippen LogP contribution in [0.4, 0.5) is 17.2 Å². The second kappa shape index (κ2) is 6.71. The van der Waals surface area contributed by atoms with Gasteiger partial charge in [-0.1, -0.05) is 24.3 Å². The van der Waals surface area contributed by atoms with Crippen molar-refractivity contribution in [2.45, 2.75) is 6.92 Å². The maximum absolute atomic E-state index is 4.81. The Labute approximate surface area is 155 Å². The molecule has 0 spiro atoms. The molecule has 1 aliphatic rings. The van der Waals surface area contributed by atoms with Gasteiger partial charge in [0, 0.05) is 25.7 Å². The van der Waals surface area contributed by atoms with Gasteiger partial charge in [-0.15, -0.1) is 5.69 Å². The molecule has 2 heterocycles. The van der Waals surface area contributed by atoms with E-state index in [-0.39, 0.29) is 20.1 Å². The third kappa shape index (κ3) is 2.81. The van der Waals surface area contributed by atoms with Gasteiger partial charge in [0.05, 0.1) is 11.9 Å². The molecular weight excluding hydrogens is 476 g/mol. The minimum absolute atomic E-state index is 0. The second-order valence-electron chi connectivity index (χ2n) is 5.56. The third-order valence-electron chi connectivity index (χ3n) is 3.99. The monoisotopic (exact) mass is 493 g/mol.